The summed E-state index contributed by atoms with van der Waals surface area (Å²) in [5.41, 5.74) is 1.96. The first kappa shape index (κ1) is 33.0. The molecule has 5 fully saturated rings. The Hall–Kier alpha value is -0.950. The molecule has 1 saturated heterocycles. The van der Waals surface area contributed by atoms with Gasteiger partial charge in [0.2, 0.25) is 5.91 Å². The normalized spacial score (nSPS) is 47.1. The number of carbonyl (C=O) groups is 1. The Morgan fingerprint density at radius 3 is 2.34 bits per heavy atom. The summed E-state index contributed by atoms with van der Waals surface area (Å²) in [4.78, 5) is 19.5. The van der Waals surface area contributed by atoms with E-state index in [1.807, 2.05) is 0 Å². The van der Waals surface area contributed by atoms with Gasteiger partial charge in [0.15, 0.2) is 0 Å². The average Bonchev–Trinajstić information content (AvgIpc) is 2.99. The van der Waals surface area contributed by atoms with Crippen LogP contribution in [0.1, 0.15) is 106 Å². The number of fused-ring (bicyclic) bond motifs is 7. The van der Waals surface area contributed by atoms with Crippen molar-refractivity contribution in [2.45, 2.75) is 112 Å². The van der Waals surface area contributed by atoms with Crippen molar-refractivity contribution in [2.24, 2.45) is 56.7 Å². The van der Waals surface area contributed by atoms with Gasteiger partial charge in [-0.1, -0.05) is 60.1 Å². The van der Waals surface area contributed by atoms with Gasteiger partial charge < -0.3 is 19.8 Å². The van der Waals surface area contributed by atoms with Crippen molar-refractivity contribution in [3.05, 3.63) is 11.6 Å². The quantitative estimate of drug-likeness (QED) is 0.278. The molecule has 6 aliphatic rings. The third kappa shape index (κ3) is 4.72. The van der Waals surface area contributed by atoms with E-state index in [4.69, 9.17) is 9.84 Å². The fourth-order valence-electron chi connectivity index (χ4n) is 12.7. The van der Waals surface area contributed by atoms with Gasteiger partial charge in [-0.2, -0.15) is 0 Å². The van der Waals surface area contributed by atoms with Crippen molar-refractivity contribution in [3.63, 3.8) is 0 Å². The highest BCUT2D eigenvalue weighted by Gasteiger charge is 2.69. The van der Waals surface area contributed by atoms with Crippen LogP contribution in [0, 0.1) is 56.7 Å². The number of ether oxygens (including phenoxy) is 1. The van der Waals surface area contributed by atoms with Gasteiger partial charge in [0.25, 0.3) is 0 Å². The Kier molecular flexibility index (Phi) is 8.72. The van der Waals surface area contributed by atoms with Crippen molar-refractivity contribution < 1.29 is 19.7 Å². The third-order valence-corrected chi connectivity index (χ3v) is 15.8. The lowest BCUT2D eigenvalue weighted by Crippen LogP contribution is -2.66. The van der Waals surface area contributed by atoms with Crippen LogP contribution in [0.3, 0.4) is 0 Å². The number of piperazine rings is 1. The summed E-state index contributed by atoms with van der Waals surface area (Å²) < 4.78 is 5.51. The average molecular weight is 613 g/mol. The van der Waals surface area contributed by atoms with Gasteiger partial charge in [0.05, 0.1) is 31.3 Å². The molecule has 0 aromatic carbocycles. The molecule has 0 aromatic rings. The summed E-state index contributed by atoms with van der Waals surface area (Å²) in [6.07, 6.45) is 12.5. The van der Waals surface area contributed by atoms with Crippen molar-refractivity contribution in [3.8, 4) is 0 Å². The number of allylic oxidation sites excluding steroid dienone is 2. The molecule has 0 radical (unpaired) electrons. The molecule has 5 aliphatic carbocycles. The molecular formula is C38H64N2O4. The van der Waals surface area contributed by atoms with Crippen molar-refractivity contribution >= 4 is 5.91 Å². The summed E-state index contributed by atoms with van der Waals surface area (Å²) in [7, 11) is 0. The fourth-order valence-corrected chi connectivity index (χ4v) is 12.7. The second-order valence-corrected chi connectivity index (χ2v) is 17.6. The summed E-state index contributed by atoms with van der Waals surface area (Å²) in [5.74, 6) is 3.14. The molecule has 250 valence electrons. The van der Waals surface area contributed by atoms with E-state index in [0.717, 1.165) is 77.7 Å². The maximum Gasteiger partial charge on any atom is 0.229 e. The van der Waals surface area contributed by atoms with E-state index in [9.17, 15) is 9.90 Å². The van der Waals surface area contributed by atoms with E-state index < -0.39 is 0 Å². The zero-order valence-corrected chi connectivity index (χ0v) is 29.2. The van der Waals surface area contributed by atoms with E-state index in [1.54, 1.807) is 5.57 Å². The number of aliphatic hydroxyl groups excluding tert-OH is 2. The maximum atomic E-state index is 14.9. The number of carbonyl (C=O) groups excluding carboxylic acids is 1. The zero-order valence-electron chi connectivity index (χ0n) is 29.2. The number of rotatable bonds is 6. The van der Waals surface area contributed by atoms with Gasteiger partial charge in [-0.15, -0.1) is 0 Å². The topological polar surface area (TPSA) is 73.2 Å². The van der Waals surface area contributed by atoms with E-state index in [1.165, 1.54) is 12.8 Å². The predicted molar refractivity (Wildman–Crippen MR) is 176 cm³/mol. The molecule has 4 saturated carbocycles. The molecule has 6 rings (SSSR count). The van der Waals surface area contributed by atoms with E-state index in [-0.39, 0.29) is 39.8 Å². The third-order valence-electron chi connectivity index (χ3n) is 15.8. The summed E-state index contributed by atoms with van der Waals surface area (Å²) in [6, 6.07) is 0. The van der Waals surface area contributed by atoms with Crippen LogP contribution >= 0.6 is 0 Å². The van der Waals surface area contributed by atoms with Crippen molar-refractivity contribution in [1.82, 2.24) is 9.80 Å². The minimum atomic E-state index is -0.259. The Labute approximate surface area is 268 Å². The SMILES string of the molecule is C[C@H]1[C@H](C)CC[C@]2(C(=O)N3CCN(CCOCCO)CC3)CC[C@]3(C)C(=CC[C@@H]4[C@@]5(C)CC[C@H](O)C(C)(C)[C@@H]5CC[C@]43C)[C@H]12. The van der Waals surface area contributed by atoms with Gasteiger partial charge in [0.1, 0.15) is 0 Å². The Morgan fingerprint density at radius 1 is 0.909 bits per heavy atom. The number of hydrogen-bond donors (Lipinski definition) is 2. The minimum Gasteiger partial charge on any atom is -0.394 e. The standard InChI is InChI=1S/C38H64N2O4/c1-26-10-15-38(33(43)40-20-18-39(19-21-40)22-24-44-25-23-41)17-16-36(6)28(32(38)27(26)2)8-9-30-35(5)13-12-31(42)34(3,4)29(35)11-14-37(30,36)7/h8,26-27,29-32,41-42H,9-25H2,1-7H3/t26-,27+,29+,30-,31+,32+,35+,36-,37-,38+/m1/s1. The Morgan fingerprint density at radius 2 is 1.64 bits per heavy atom. The molecule has 0 unspecified atom stereocenters. The lowest BCUT2D eigenvalue weighted by Gasteiger charge is -2.71. The number of nitrogens with zero attached hydrogens (tertiary/aromatic N) is 2. The molecular weight excluding hydrogens is 548 g/mol. The smallest absolute Gasteiger partial charge is 0.229 e. The Balaban J connectivity index is 1.28. The minimum absolute atomic E-state index is 0.0306. The molecule has 10 atom stereocenters. The first-order valence-corrected chi connectivity index (χ1v) is 18.4. The molecule has 1 aliphatic heterocycles. The van der Waals surface area contributed by atoms with Gasteiger partial charge in [0, 0.05) is 32.7 Å². The van der Waals surface area contributed by atoms with Crippen LogP contribution < -0.4 is 0 Å². The van der Waals surface area contributed by atoms with Crippen LogP contribution in [0.5, 0.6) is 0 Å². The summed E-state index contributed by atoms with van der Waals surface area (Å²) in [6.45, 7) is 22.9. The second-order valence-electron chi connectivity index (χ2n) is 17.6. The highest BCUT2D eigenvalue weighted by Crippen LogP contribution is 2.75. The first-order chi connectivity index (χ1) is 20.8. The molecule has 0 bridgehead atoms. The monoisotopic (exact) mass is 612 g/mol. The lowest BCUT2D eigenvalue weighted by molar-refractivity contribution is -0.205. The van der Waals surface area contributed by atoms with E-state index >= 15 is 0 Å². The van der Waals surface area contributed by atoms with Gasteiger partial charge in [-0.3, -0.25) is 9.69 Å². The van der Waals surface area contributed by atoms with Crippen LogP contribution in [0.4, 0.5) is 0 Å². The molecule has 0 aromatic heterocycles. The second kappa shape index (κ2) is 11.6. The van der Waals surface area contributed by atoms with Gasteiger partial charge in [-0.25, -0.2) is 0 Å². The first-order valence-electron chi connectivity index (χ1n) is 18.4. The summed E-state index contributed by atoms with van der Waals surface area (Å²) >= 11 is 0. The predicted octanol–water partition coefficient (Wildman–Crippen LogP) is 6.16. The highest BCUT2D eigenvalue weighted by atomic mass is 16.5. The zero-order chi connectivity index (χ0) is 31.7. The number of amides is 1. The largest absolute Gasteiger partial charge is 0.394 e. The van der Waals surface area contributed by atoms with Crippen LogP contribution in [-0.2, 0) is 9.53 Å². The van der Waals surface area contributed by atoms with Crippen LogP contribution in [0.25, 0.3) is 0 Å². The highest BCUT2D eigenvalue weighted by molar-refractivity contribution is 5.84. The fraction of sp³-hybridized carbons (Fsp3) is 0.921. The van der Waals surface area contributed by atoms with E-state index in [2.05, 4.69) is 64.3 Å². The van der Waals surface area contributed by atoms with Crippen molar-refractivity contribution in [2.75, 3.05) is 52.5 Å². The molecule has 0 spiro atoms. The molecule has 6 heteroatoms. The number of aliphatic hydroxyl groups is 2. The van der Waals surface area contributed by atoms with E-state index in [0.29, 0.717) is 48.7 Å². The van der Waals surface area contributed by atoms with Crippen molar-refractivity contribution in [1.29, 1.82) is 0 Å². The summed E-state index contributed by atoms with van der Waals surface area (Å²) in [5, 5.41) is 20.1. The molecule has 1 heterocycles. The molecule has 2 N–H and O–H groups in total. The maximum absolute atomic E-state index is 14.9. The Bertz CT molecular complexity index is 1110. The number of hydrogen-bond acceptors (Lipinski definition) is 5. The molecule has 44 heavy (non-hydrogen) atoms. The van der Waals surface area contributed by atoms with Gasteiger partial charge in [-0.05, 0) is 109 Å². The molecule has 6 nitrogen and oxygen atoms in total. The molecule has 1 amide bonds. The lowest BCUT2D eigenvalue weighted by atomic mass is 9.33. The van der Waals surface area contributed by atoms with Crippen LogP contribution in [0.2, 0.25) is 0 Å². The van der Waals surface area contributed by atoms with Gasteiger partial charge >= 0.3 is 0 Å². The van der Waals surface area contributed by atoms with Crippen LogP contribution in [-0.4, -0.2) is 84.6 Å². The van der Waals surface area contributed by atoms with Crippen LogP contribution in [0.15, 0.2) is 11.6 Å².